The summed E-state index contributed by atoms with van der Waals surface area (Å²) in [5.74, 6) is 0.894. The molecule has 0 aliphatic carbocycles. The summed E-state index contributed by atoms with van der Waals surface area (Å²) in [4.78, 5) is 0. The number of hydrogen-bond acceptors (Lipinski definition) is 6. The largest absolute Gasteiger partial charge is 0.495 e. The molecule has 0 radical (unpaired) electrons. The topological polar surface area (TPSA) is 103 Å². The summed E-state index contributed by atoms with van der Waals surface area (Å²) in [6.07, 6.45) is -3.63. The van der Waals surface area contributed by atoms with Crippen molar-refractivity contribution in [1.82, 2.24) is 10.2 Å². The maximum Gasteiger partial charge on any atom is 0.418 e. The Morgan fingerprint density at radius 3 is 2.21 bits per heavy atom. The molecule has 4 aromatic rings. The molecule has 3 aromatic carbocycles. The highest BCUT2D eigenvalue weighted by atomic mass is 35.5. The van der Waals surface area contributed by atoms with E-state index in [2.05, 4.69) is 15.5 Å². The number of halogens is 5. The van der Waals surface area contributed by atoms with Crippen LogP contribution in [0.3, 0.4) is 0 Å². The fourth-order valence-corrected chi connectivity index (χ4v) is 5.23. The molecule has 1 unspecified atom stereocenters. The third-order valence-corrected chi connectivity index (χ3v) is 7.34. The molecule has 4 rings (SSSR count). The van der Waals surface area contributed by atoms with Gasteiger partial charge in [0, 0.05) is 22.2 Å². The number of anilines is 1. The molecule has 1 heterocycles. The number of hydrogen-bond donors (Lipinski definition) is 3. The van der Waals surface area contributed by atoms with E-state index in [1.807, 2.05) is 12.1 Å². The van der Waals surface area contributed by atoms with Gasteiger partial charge in [-0.15, -0.1) is 0 Å². The summed E-state index contributed by atoms with van der Waals surface area (Å²) in [6, 6.07) is 17.4. The Hall–Kier alpha value is -3.65. The molecule has 0 saturated carbocycles. The lowest BCUT2D eigenvalue weighted by atomic mass is 9.74. The third kappa shape index (κ3) is 7.40. The van der Waals surface area contributed by atoms with Crippen molar-refractivity contribution in [3.8, 4) is 17.6 Å². The maximum absolute atomic E-state index is 14.0. The minimum absolute atomic E-state index is 0.295. The zero-order valence-electron chi connectivity index (χ0n) is 23.4. The van der Waals surface area contributed by atoms with Gasteiger partial charge in [0.05, 0.1) is 55.0 Å². The van der Waals surface area contributed by atoms with Gasteiger partial charge in [0.1, 0.15) is 11.5 Å². The average molecular weight is 624 g/mol. The molecule has 1 atom stereocenters. The predicted octanol–water partition coefficient (Wildman–Crippen LogP) is 7.71. The van der Waals surface area contributed by atoms with E-state index in [9.17, 15) is 18.3 Å². The normalized spacial score (nSPS) is 13.0. The van der Waals surface area contributed by atoms with Crippen LogP contribution in [0.2, 0.25) is 10.0 Å². The molecule has 0 saturated heterocycles. The number of aromatic amines is 1. The first-order valence-electron chi connectivity index (χ1n) is 12.7. The van der Waals surface area contributed by atoms with Gasteiger partial charge in [0.25, 0.3) is 0 Å². The second-order valence-electron chi connectivity index (χ2n) is 10.2. The van der Waals surface area contributed by atoms with Crippen LogP contribution in [-0.2, 0) is 11.8 Å². The fourth-order valence-electron chi connectivity index (χ4n) is 4.71. The van der Waals surface area contributed by atoms with Gasteiger partial charge >= 0.3 is 6.18 Å². The first-order chi connectivity index (χ1) is 19.8. The van der Waals surface area contributed by atoms with Crippen LogP contribution in [-0.4, -0.2) is 47.8 Å². The second kappa shape index (κ2) is 13.6. The van der Waals surface area contributed by atoms with Gasteiger partial charge < -0.3 is 19.9 Å². The number of para-hydroxylation sites is 2. The van der Waals surface area contributed by atoms with Gasteiger partial charge in [0.2, 0.25) is 0 Å². The molecule has 12 heteroatoms. The molecule has 0 aliphatic rings. The molecular formula is C30H31Cl2F3N4O3. The number of nitriles is 1. The number of rotatable bonds is 9. The minimum Gasteiger partial charge on any atom is -0.495 e. The van der Waals surface area contributed by atoms with Crippen molar-refractivity contribution < 1.29 is 27.8 Å². The van der Waals surface area contributed by atoms with Gasteiger partial charge in [-0.2, -0.15) is 23.5 Å². The lowest BCUT2D eigenvalue weighted by Gasteiger charge is -2.38. The molecule has 0 aliphatic heterocycles. The van der Waals surface area contributed by atoms with E-state index in [-0.39, 0.29) is 0 Å². The Morgan fingerprint density at radius 2 is 1.60 bits per heavy atom. The van der Waals surface area contributed by atoms with Crippen LogP contribution < -0.4 is 14.8 Å². The van der Waals surface area contributed by atoms with Crippen molar-refractivity contribution in [2.45, 2.75) is 43.9 Å². The molecular weight excluding hydrogens is 592 g/mol. The van der Waals surface area contributed by atoms with Crippen LogP contribution in [0, 0.1) is 11.3 Å². The van der Waals surface area contributed by atoms with Gasteiger partial charge in [-0.05, 0) is 36.1 Å². The number of H-pyrrole nitrogens is 1. The van der Waals surface area contributed by atoms with Gasteiger partial charge in [-0.1, -0.05) is 67.4 Å². The number of benzene rings is 3. The molecule has 7 nitrogen and oxygen atoms in total. The molecule has 0 spiro atoms. The van der Waals surface area contributed by atoms with Crippen LogP contribution in [0.15, 0.2) is 60.8 Å². The van der Waals surface area contributed by atoms with E-state index >= 15 is 0 Å². The van der Waals surface area contributed by atoms with Crippen molar-refractivity contribution in [2.24, 2.45) is 0 Å². The molecule has 0 fully saturated rings. The summed E-state index contributed by atoms with van der Waals surface area (Å²) >= 11 is 12.0. The maximum atomic E-state index is 14.0. The molecule has 1 aromatic heterocycles. The molecule has 0 amide bonds. The zero-order chi connectivity index (χ0) is 31.1. The number of alkyl halides is 3. The van der Waals surface area contributed by atoms with Crippen LogP contribution in [0.5, 0.6) is 11.5 Å². The van der Waals surface area contributed by atoms with E-state index in [0.717, 1.165) is 5.56 Å². The minimum atomic E-state index is -4.87. The Labute approximate surface area is 252 Å². The Kier molecular flexibility index (Phi) is 10.6. The molecule has 42 heavy (non-hydrogen) atoms. The molecule has 3 N–H and O–H groups in total. The summed E-state index contributed by atoms with van der Waals surface area (Å²) in [5, 5.41) is 30.2. The number of methoxy groups -OCH3 is 2. The van der Waals surface area contributed by atoms with E-state index < -0.39 is 30.2 Å². The molecule has 0 bridgehead atoms. The van der Waals surface area contributed by atoms with Gasteiger partial charge in [0.15, 0.2) is 5.60 Å². The summed E-state index contributed by atoms with van der Waals surface area (Å²) in [7, 11) is 2.95. The average Bonchev–Trinajstić information content (AvgIpc) is 3.41. The van der Waals surface area contributed by atoms with E-state index in [1.165, 1.54) is 13.3 Å². The zero-order valence-corrected chi connectivity index (χ0v) is 25.0. The van der Waals surface area contributed by atoms with Crippen molar-refractivity contribution >= 4 is 39.8 Å². The highest BCUT2D eigenvalue weighted by Gasteiger charge is 2.56. The van der Waals surface area contributed by atoms with Crippen molar-refractivity contribution in [3.63, 3.8) is 0 Å². The second-order valence-corrected chi connectivity index (χ2v) is 11.0. The van der Waals surface area contributed by atoms with E-state index in [0.29, 0.717) is 50.1 Å². The highest BCUT2D eigenvalue weighted by Crippen LogP contribution is 2.45. The van der Waals surface area contributed by atoms with E-state index in [1.54, 1.807) is 69.5 Å². The van der Waals surface area contributed by atoms with Crippen LogP contribution in [0.1, 0.15) is 31.4 Å². The Balaban J connectivity index is 0.000000337. The predicted molar refractivity (Wildman–Crippen MR) is 159 cm³/mol. The third-order valence-electron chi connectivity index (χ3n) is 6.74. The van der Waals surface area contributed by atoms with Gasteiger partial charge in [-0.3, -0.25) is 5.10 Å². The number of fused-ring (bicyclic) bond motifs is 1. The highest BCUT2D eigenvalue weighted by molar-refractivity contribution is 6.32. The van der Waals surface area contributed by atoms with Crippen molar-refractivity contribution in [2.75, 3.05) is 26.1 Å². The number of aliphatic hydroxyl groups is 1. The number of aromatic nitrogens is 2. The standard InChI is InChI=1S/C21H23ClF3N3O2.C9H8ClNO/c1-19(2,14-6-4-7-15(22)18(14)30-3)11-20(29,21(23,24)25)12-26-16-8-5-9-17-13(16)10-27-28-17;1-12-9-7(5-6-11)3-2-4-8(9)10/h4-10,26,29H,11-12H2,1-3H3,(H,27,28);2-4H,5H2,1H3. The van der Waals surface area contributed by atoms with Crippen LogP contribution >= 0.6 is 23.2 Å². The monoisotopic (exact) mass is 622 g/mol. The number of nitrogens with one attached hydrogen (secondary N) is 2. The Bertz CT molecular complexity index is 1550. The SMILES string of the molecule is COc1c(Cl)cccc1C(C)(C)CC(O)(CNc1cccc2[nH]ncc12)C(F)(F)F.COc1c(Cl)cccc1CC#N. The first kappa shape index (κ1) is 32.9. The quantitative estimate of drug-likeness (QED) is 0.177. The summed E-state index contributed by atoms with van der Waals surface area (Å²) < 4.78 is 52.4. The fraction of sp³-hybridized carbons (Fsp3) is 0.333. The van der Waals surface area contributed by atoms with E-state index in [4.69, 9.17) is 37.9 Å². The van der Waals surface area contributed by atoms with Crippen molar-refractivity contribution in [1.29, 1.82) is 5.26 Å². The summed E-state index contributed by atoms with van der Waals surface area (Å²) in [6.45, 7) is 2.51. The lowest BCUT2D eigenvalue weighted by Crippen LogP contribution is -2.53. The first-order valence-corrected chi connectivity index (χ1v) is 13.5. The Morgan fingerprint density at radius 1 is 0.976 bits per heavy atom. The smallest absolute Gasteiger partial charge is 0.418 e. The summed E-state index contributed by atoms with van der Waals surface area (Å²) in [5.41, 5.74) is -1.66. The van der Waals surface area contributed by atoms with Crippen LogP contribution in [0.4, 0.5) is 18.9 Å². The van der Waals surface area contributed by atoms with Gasteiger partial charge in [-0.25, -0.2) is 0 Å². The number of ether oxygens (including phenoxy) is 2. The number of nitrogens with zero attached hydrogens (tertiary/aromatic N) is 2. The molecule has 224 valence electrons. The van der Waals surface area contributed by atoms with Crippen LogP contribution in [0.25, 0.3) is 10.9 Å². The lowest BCUT2D eigenvalue weighted by molar-refractivity contribution is -0.260. The van der Waals surface area contributed by atoms with Crippen molar-refractivity contribution in [3.05, 3.63) is 82.0 Å².